The predicted molar refractivity (Wildman–Crippen MR) is 158 cm³/mol. The number of piperazine rings is 1. The molecule has 7 nitrogen and oxygen atoms in total. The molecule has 0 aliphatic carbocycles. The zero-order chi connectivity index (χ0) is 33.6. The number of rotatable bonds is 7. The van der Waals surface area contributed by atoms with E-state index in [0.29, 0.717) is 57.9 Å². The third kappa shape index (κ3) is 9.02. The van der Waals surface area contributed by atoms with Gasteiger partial charge in [0.1, 0.15) is 6.04 Å². The van der Waals surface area contributed by atoms with Gasteiger partial charge in [0, 0.05) is 37.8 Å². The van der Waals surface area contributed by atoms with E-state index < -0.39 is 47.0 Å². The number of carbonyl (C=O) groups excluding carboxylic acids is 2. The number of nitrogens with zero attached hydrogens (tertiary/aromatic N) is 3. The Balaban J connectivity index is 1.54. The normalized spacial score (nSPS) is 19.8. The topological polar surface area (TPSA) is 62.3 Å². The number of hydrogen-bond donors (Lipinski definition) is 0. The summed E-state index contributed by atoms with van der Waals surface area (Å²) < 4.78 is 91.8. The molecule has 2 atom stereocenters. The van der Waals surface area contributed by atoms with Crippen molar-refractivity contribution in [3.05, 3.63) is 69.8 Å². The first-order valence-electron chi connectivity index (χ1n) is 15.0. The average Bonchev–Trinajstić information content (AvgIpc) is 3.00. The predicted octanol–water partition coefficient (Wildman–Crippen LogP) is 4.98. The van der Waals surface area contributed by atoms with E-state index in [1.165, 1.54) is 4.90 Å². The number of amides is 1. The summed E-state index contributed by atoms with van der Waals surface area (Å²) in [5.41, 5.74) is -0.762. The molecule has 0 spiro atoms. The Morgan fingerprint density at radius 1 is 0.913 bits per heavy atom. The largest absolute Gasteiger partial charge is 0.465 e. The minimum absolute atomic E-state index is 0.0197. The van der Waals surface area contributed by atoms with E-state index in [9.17, 15) is 35.9 Å². The lowest BCUT2D eigenvalue weighted by Crippen LogP contribution is -2.56. The Morgan fingerprint density at radius 3 is 2.22 bits per heavy atom. The smallest absolute Gasteiger partial charge is 0.416 e. The zero-order valence-corrected chi connectivity index (χ0v) is 25.9. The molecule has 1 amide bonds. The van der Waals surface area contributed by atoms with E-state index in [4.69, 9.17) is 9.47 Å². The molecule has 2 heterocycles. The Bertz CT molecular complexity index is 1430. The second-order valence-electron chi connectivity index (χ2n) is 11.5. The molecule has 13 heteroatoms. The third-order valence-corrected chi connectivity index (χ3v) is 8.21. The lowest BCUT2D eigenvalue weighted by atomic mass is 9.97. The highest BCUT2D eigenvalue weighted by Crippen LogP contribution is 2.37. The van der Waals surface area contributed by atoms with Crippen molar-refractivity contribution in [1.82, 2.24) is 14.7 Å². The van der Waals surface area contributed by atoms with Gasteiger partial charge >= 0.3 is 18.3 Å². The van der Waals surface area contributed by atoms with Gasteiger partial charge in [-0.15, -0.1) is 0 Å². The molecule has 250 valence electrons. The summed E-state index contributed by atoms with van der Waals surface area (Å²) in [6.07, 6.45) is -9.79. The maximum absolute atomic E-state index is 13.6. The minimum atomic E-state index is -5.07. The number of carbonyl (C=O) groups is 2. The molecule has 4 rings (SSSR count). The van der Waals surface area contributed by atoms with Crippen molar-refractivity contribution in [2.75, 3.05) is 59.1 Å². The maximum Gasteiger partial charge on any atom is 0.416 e. The van der Waals surface area contributed by atoms with Crippen LogP contribution in [0.5, 0.6) is 0 Å². The number of halogens is 6. The van der Waals surface area contributed by atoms with Gasteiger partial charge in [-0.25, -0.2) is 0 Å². The van der Waals surface area contributed by atoms with Gasteiger partial charge in [0.2, 0.25) is 0 Å². The molecule has 46 heavy (non-hydrogen) atoms. The van der Waals surface area contributed by atoms with Crippen LogP contribution in [0.4, 0.5) is 26.3 Å². The summed E-state index contributed by atoms with van der Waals surface area (Å²) in [4.78, 5) is 31.2. The summed E-state index contributed by atoms with van der Waals surface area (Å²) in [6, 6.07) is 5.69. The molecule has 2 aliphatic rings. The maximum atomic E-state index is 13.6. The van der Waals surface area contributed by atoms with Crippen LogP contribution in [0.15, 0.2) is 36.4 Å². The molecule has 0 aromatic heterocycles. The summed E-state index contributed by atoms with van der Waals surface area (Å²) in [5.74, 6) is 4.92. The fourth-order valence-corrected chi connectivity index (χ4v) is 5.56. The van der Waals surface area contributed by atoms with Gasteiger partial charge in [0.05, 0.1) is 44.0 Å². The van der Waals surface area contributed by atoms with Crippen molar-refractivity contribution >= 4 is 11.9 Å². The Morgan fingerprint density at radius 2 is 1.59 bits per heavy atom. The van der Waals surface area contributed by atoms with Crippen LogP contribution in [-0.2, 0) is 33.0 Å². The number of aryl methyl sites for hydroxylation is 2. The fraction of sp³-hybridized carbons (Fsp3) is 0.515. The highest BCUT2D eigenvalue weighted by molar-refractivity contribution is 5.95. The SMILES string of the molecule is CCOC(=O)[C@@H]1COCCN1CC#CCN1CCN(C(=O)c2cc(C(F)(F)F)cc(C(F)(F)F)c2)[C@H](Cc2ccc(C)c(C)c2)C1. The minimum Gasteiger partial charge on any atom is -0.465 e. The van der Waals surface area contributed by atoms with Crippen molar-refractivity contribution in [2.45, 2.75) is 51.6 Å². The molecule has 0 radical (unpaired) electrons. The van der Waals surface area contributed by atoms with Crippen molar-refractivity contribution in [1.29, 1.82) is 0 Å². The van der Waals surface area contributed by atoms with Crippen molar-refractivity contribution < 1.29 is 45.4 Å². The third-order valence-electron chi connectivity index (χ3n) is 8.21. The van der Waals surface area contributed by atoms with Gasteiger partial charge in [0.25, 0.3) is 5.91 Å². The molecule has 2 aromatic carbocycles. The molecule has 0 N–H and O–H groups in total. The monoisotopic (exact) mass is 653 g/mol. The molecule has 0 saturated carbocycles. The highest BCUT2D eigenvalue weighted by atomic mass is 19.4. The van der Waals surface area contributed by atoms with Gasteiger partial charge in [-0.2, -0.15) is 26.3 Å². The lowest BCUT2D eigenvalue weighted by Gasteiger charge is -2.41. The van der Waals surface area contributed by atoms with Crippen LogP contribution in [0, 0.1) is 25.7 Å². The molecular formula is C33H37F6N3O4. The first-order valence-corrected chi connectivity index (χ1v) is 15.0. The van der Waals surface area contributed by atoms with Gasteiger partial charge in [-0.3, -0.25) is 19.4 Å². The number of esters is 1. The number of alkyl halides is 6. The van der Waals surface area contributed by atoms with Gasteiger partial charge < -0.3 is 14.4 Å². The van der Waals surface area contributed by atoms with E-state index >= 15 is 0 Å². The van der Waals surface area contributed by atoms with Crippen molar-refractivity contribution in [3.63, 3.8) is 0 Å². The van der Waals surface area contributed by atoms with Crippen LogP contribution < -0.4 is 0 Å². The second kappa shape index (κ2) is 14.9. The fourth-order valence-electron chi connectivity index (χ4n) is 5.56. The van der Waals surface area contributed by atoms with Gasteiger partial charge in [0.15, 0.2) is 0 Å². The van der Waals surface area contributed by atoms with Gasteiger partial charge in [-0.1, -0.05) is 30.0 Å². The first kappa shape index (κ1) is 35.3. The first-order chi connectivity index (χ1) is 21.7. The molecule has 0 bridgehead atoms. The number of benzene rings is 2. The molecule has 2 saturated heterocycles. The number of ether oxygens (including phenoxy) is 2. The van der Waals surface area contributed by atoms with E-state index in [1.54, 1.807) is 6.92 Å². The van der Waals surface area contributed by atoms with E-state index in [2.05, 4.69) is 11.8 Å². The Labute approximate surface area is 264 Å². The molecule has 2 aliphatic heterocycles. The molecule has 2 fully saturated rings. The summed E-state index contributed by atoms with van der Waals surface area (Å²) in [6.45, 7) is 8.41. The summed E-state index contributed by atoms with van der Waals surface area (Å²) >= 11 is 0. The lowest BCUT2D eigenvalue weighted by molar-refractivity contribution is -0.155. The highest BCUT2D eigenvalue weighted by Gasteiger charge is 2.39. The van der Waals surface area contributed by atoms with Crippen LogP contribution in [-0.4, -0.2) is 97.7 Å². The van der Waals surface area contributed by atoms with Crippen LogP contribution in [0.25, 0.3) is 0 Å². The van der Waals surface area contributed by atoms with E-state index in [1.807, 2.05) is 41.8 Å². The second-order valence-corrected chi connectivity index (χ2v) is 11.5. The Kier molecular flexibility index (Phi) is 11.4. The zero-order valence-electron chi connectivity index (χ0n) is 25.9. The molecular weight excluding hydrogens is 616 g/mol. The summed E-state index contributed by atoms with van der Waals surface area (Å²) in [5, 5.41) is 0. The average molecular weight is 654 g/mol. The van der Waals surface area contributed by atoms with Gasteiger partial charge in [-0.05, 0) is 62.1 Å². The standard InChI is InChI=1S/C33H37F6N3O4/c1-4-46-31(44)29-21-45-14-13-41(29)10-6-5-9-40-11-12-42(28(20-40)16-24-8-7-22(2)23(3)15-24)30(43)25-17-26(32(34,35)36)19-27(18-25)33(37,38)39/h7-8,15,17-19,28-29H,4,9-14,16,20-21H2,1-3H3/t28-,29+/m1/s1. The van der Waals surface area contributed by atoms with Crippen LogP contribution in [0.3, 0.4) is 0 Å². The van der Waals surface area contributed by atoms with E-state index in [-0.39, 0.29) is 31.8 Å². The Hall–Kier alpha value is -3.60. The van der Waals surface area contributed by atoms with Crippen molar-refractivity contribution in [3.8, 4) is 11.8 Å². The summed E-state index contributed by atoms with van der Waals surface area (Å²) in [7, 11) is 0. The number of morpholine rings is 1. The number of hydrogen-bond acceptors (Lipinski definition) is 6. The van der Waals surface area contributed by atoms with Crippen LogP contribution in [0.2, 0.25) is 0 Å². The molecule has 0 unspecified atom stereocenters. The van der Waals surface area contributed by atoms with E-state index in [0.717, 1.165) is 16.7 Å². The quantitative estimate of drug-likeness (QED) is 0.239. The van der Waals surface area contributed by atoms with Crippen molar-refractivity contribution in [2.24, 2.45) is 0 Å². The molecule has 2 aromatic rings. The van der Waals surface area contributed by atoms with Crippen LogP contribution >= 0.6 is 0 Å². The van der Waals surface area contributed by atoms with Crippen LogP contribution in [0.1, 0.15) is 45.1 Å².